The van der Waals surface area contributed by atoms with Gasteiger partial charge in [0.05, 0.1) is 24.2 Å². The maximum atomic E-state index is 6.35. The molecule has 1 fully saturated rings. The van der Waals surface area contributed by atoms with E-state index in [1.54, 1.807) is 0 Å². The van der Waals surface area contributed by atoms with E-state index in [1.165, 1.54) is 162 Å². The Kier molecular flexibility index (Phi) is 30.0. The third kappa shape index (κ3) is 20.7. The lowest BCUT2D eigenvalue weighted by Gasteiger charge is -2.39. The number of thiocarbonyl (C=S) groups is 4. The van der Waals surface area contributed by atoms with Crippen molar-refractivity contribution in [2.45, 2.75) is 226 Å². The van der Waals surface area contributed by atoms with Crippen LogP contribution in [0.25, 0.3) is 43.6 Å². The van der Waals surface area contributed by atoms with E-state index in [0.29, 0.717) is 35.8 Å². The topological polar surface area (TPSA) is 124 Å². The van der Waals surface area contributed by atoms with Crippen LogP contribution < -0.4 is 21.3 Å². The van der Waals surface area contributed by atoms with Crippen LogP contribution in [0.5, 0.6) is 0 Å². The van der Waals surface area contributed by atoms with Crippen molar-refractivity contribution in [3.8, 4) is 0 Å². The molecule has 18 rings (SSSR count). The van der Waals surface area contributed by atoms with Gasteiger partial charge in [-0.25, -0.2) is 0 Å². The first-order valence-corrected chi connectivity index (χ1v) is 48.9. The van der Waals surface area contributed by atoms with Gasteiger partial charge in [0.1, 0.15) is 0 Å². The minimum atomic E-state index is 0.00610. The zero-order valence-corrected chi connectivity index (χ0v) is 81.2. The number of rotatable bonds is 16. The summed E-state index contributed by atoms with van der Waals surface area (Å²) in [6, 6.07) is 70.0. The fraction of sp³-hybridized carbons (Fsp3) is 0.377. The number of nitrogens with one attached hydrogen (secondary N) is 8. The fourth-order valence-corrected chi connectivity index (χ4v) is 21.0. The molecule has 0 amide bonds. The molecule has 13 aromatic rings. The Morgan fingerprint density at radius 3 is 1.02 bits per heavy atom. The molecule has 4 aliphatic heterocycles. The molecule has 9 aromatic carbocycles. The van der Waals surface area contributed by atoms with Crippen LogP contribution in [0.3, 0.4) is 0 Å². The number of aryl methyl sites for hydroxylation is 1. The van der Waals surface area contributed by atoms with Crippen LogP contribution >= 0.6 is 95.3 Å². The van der Waals surface area contributed by atoms with E-state index in [4.69, 9.17) is 95.3 Å². The molecule has 20 heteroatoms. The van der Waals surface area contributed by atoms with Crippen molar-refractivity contribution < 1.29 is 0 Å². The van der Waals surface area contributed by atoms with E-state index in [0.717, 1.165) is 140 Å². The van der Waals surface area contributed by atoms with Crippen molar-refractivity contribution in [1.29, 1.82) is 0 Å². The molecule has 8 heterocycles. The number of anilines is 1. The fourth-order valence-electron chi connectivity index (χ4n) is 19.0. The molecule has 0 bridgehead atoms. The monoisotopic (exact) mass is 1830 g/mol. The largest absolute Gasteiger partial charge is 0.363 e. The van der Waals surface area contributed by atoms with Crippen molar-refractivity contribution in [3.63, 3.8) is 0 Å². The number of hydrogen-bond donors (Lipinski definition) is 8. The van der Waals surface area contributed by atoms with Gasteiger partial charge in [-0.15, -0.1) is 0 Å². The summed E-state index contributed by atoms with van der Waals surface area (Å²) < 4.78 is 0. The number of fused-ring (bicyclic) bond motifs is 12. The molecule has 1 saturated carbocycles. The van der Waals surface area contributed by atoms with Gasteiger partial charge in [0, 0.05) is 137 Å². The third-order valence-corrected chi connectivity index (χ3v) is 28.7. The Morgan fingerprint density at radius 2 is 0.698 bits per heavy atom. The van der Waals surface area contributed by atoms with E-state index in [-0.39, 0.29) is 24.2 Å². The van der Waals surface area contributed by atoms with Crippen molar-refractivity contribution in [1.82, 2.24) is 55.5 Å². The number of unbranched alkanes of at least 4 members (excludes halogenated alkanes) is 2. The Balaban J connectivity index is 0.000000130. The molecular weight excluding hydrogens is 1710 g/mol. The molecule has 4 aromatic heterocycles. The van der Waals surface area contributed by atoms with Crippen LogP contribution in [-0.4, -0.2) is 105 Å². The summed E-state index contributed by atoms with van der Waals surface area (Å²) >= 11 is 49.0. The summed E-state index contributed by atoms with van der Waals surface area (Å²) in [5.41, 5.74) is 27.5. The summed E-state index contributed by atoms with van der Waals surface area (Å²) in [4.78, 5) is 24.2. The minimum absolute atomic E-state index is 0.00610. The first-order chi connectivity index (χ1) is 60.8. The van der Waals surface area contributed by atoms with Gasteiger partial charge in [0.2, 0.25) is 0 Å². The lowest BCUT2D eigenvalue weighted by Crippen LogP contribution is -2.49. The third-order valence-electron chi connectivity index (χ3n) is 26.3. The summed E-state index contributed by atoms with van der Waals surface area (Å²) in [5.74, 6) is 2.05. The lowest BCUT2D eigenvalue weighted by atomic mass is 9.91. The predicted molar refractivity (Wildman–Crippen MR) is 550 cm³/mol. The van der Waals surface area contributed by atoms with Gasteiger partial charge in [-0.05, 0) is 289 Å². The van der Waals surface area contributed by atoms with Crippen LogP contribution in [0.2, 0.25) is 20.1 Å². The molecule has 5 unspecified atom stereocenters. The Morgan fingerprint density at radius 1 is 0.381 bits per heavy atom. The molecule has 0 spiro atoms. The van der Waals surface area contributed by atoms with Crippen molar-refractivity contribution in [2.24, 2.45) is 0 Å². The zero-order valence-electron chi connectivity index (χ0n) is 74.9. The van der Waals surface area contributed by atoms with Crippen molar-refractivity contribution in [2.75, 3.05) is 38.0 Å². The number of benzene rings is 9. The molecule has 5 aliphatic rings. The summed E-state index contributed by atoms with van der Waals surface area (Å²) in [6.07, 6.45) is 14.8. The first kappa shape index (κ1) is 91.8. The van der Waals surface area contributed by atoms with Gasteiger partial charge >= 0.3 is 0 Å². The molecule has 1 aliphatic carbocycles. The number of aromatic amines is 4. The van der Waals surface area contributed by atoms with Crippen molar-refractivity contribution in [3.05, 3.63) is 309 Å². The van der Waals surface area contributed by atoms with Gasteiger partial charge in [-0.1, -0.05) is 263 Å². The molecular formula is C106H122Cl4N12S4. The molecule has 126 heavy (non-hydrogen) atoms. The number of aromatic nitrogens is 4. The van der Waals surface area contributed by atoms with E-state index >= 15 is 0 Å². The highest BCUT2D eigenvalue weighted by atomic mass is 35.5. The zero-order chi connectivity index (χ0) is 88.7. The Hall–Kier alpha value is -8.94. The maximum absolute atomic E-state index is 6.35. The quantitative estimate of drug-likeness (QED) is 0.0347. The summed E-state index contributed by atoms with van der Waals surface area (Å²) in [7, 11) is 0. The SMILES string of the molecule is CC(C)c1ccc(C2c3[nH]c4ccc(Cl)cc4c3CCN2C(=S)NC2CCCCC2)cc1.CCC(C)NC(=S)N1CCc2c([nH]c3ccc(Cl)cc23)C1c1ccc(C(C)C)cc1.CCCCCNC(=S)N1CCc2c([nH]c3ccc(Cl)cc23)C1c1ccc(C(C)C)cc1.Cc1ccc(NC(=S)N2CCc3c([nH]c4ccc(Cl)cc34)C2c2ccc(C(C)C)cc2)cc1. The van der Waals surface area contributed by atoms with Crippen LogP contribution in [-0.2, 0) is 25.7 Å². The number of H-pyrrole nitrogens is 4. The Bertz CT molecular complexity index is 5980. The van der Waals surface area contributed by atoms with Crippen molar-refractivity contribution >= 4 is 165 Å². The first-order valence-electron chi connectivity index (χ1n) is 45.7. The maximum Gasteiger partial charge on any atom is 0.174 e. The van der Waals surface area contributed by atoms with E-state index < -0.39 is 0 Å². The summed E-state index contributed by atoms with van der Waals surface area (Å²) in [6.45, 7) is 31.0. The molecule has 5 atom stereocenters. The average molecular weight is 1830 g/mol. The minimum Gasteiger partial charge on any atom is -0.363 e. The van der Waals surface area contributed by atoms with Crippen LogP contribution in [0, 0.1) is 6.92 Å². The number of nitrogens with zero attached hydrogens (tertiary/aromatic N) is 4. The normalized spacial score (nSPS) is 17.1. The van der Waals surface area contributed by atoms with Crippen LogP contribution in [0.15, 0.2) is 194 Å². The second-order valence-corrected chi connectivity index (χ2v) is 39.6. The molecule has 12 nitrogen and oxygen atoms in total. The molecule has 0 radical (unpaired) electrons. The lowest BCUT2D eigenvalue weighted by molar-refractivity contribution is 0.316. The van der Waals surface area contributed by atoms with E-state index in [2.05, 4.69) is 314 Å². The Labute approximate surface area is 787 Å². The van der Waals surface area contributed by atoms with Gasteiger partial charge < -0.3 is 60.8 Å². The second-order valence-electron chi connectivity index (χ2n) is 36.3. The molecule has 0 saturated heterocycles. The van der Waals surface area contributed by atoms with Gasteiger partial charge in [0.15, 0.2) is 20.4 Å². The highest BCUT2D eigenvalue weighted by Gasteiger charge is 2.39. The predicted octanol–water partition coefficient (Wildman–Crippen LogP) is 28.2. The highest BCUT2D eigenvalue weighted by molar-refractivity contribution is 7.80. The standard InChI is InChI=1S/C28H28ClN3S.C27H32ClN3S.C26H32ClN3S.C25H30ClN3S/c1-17(2)19-6-8-20(9-7-19)27-26-23(24-16-21(29)10-13-25(24)31-26)14-15-32(27)28(33)30-22-11-4-18(3)5-12-22;1-17(2)18-8-10-19(11-9-18)26-25-22(23-16-20(28)12-13-24(23)30-25)14-15-31(26)27(32)29-21-6-4-3-5-7-21;1-4-5-6-14-28-26(31)30-15-13-21-22-16-20(27)11-12-23(22)29-24(21)25(30)19-9-7-18(8-10-19)17(2)3;1-5-16(4)27-25(30)29-13-12-20-21-14-19(26)10-11-22(21)28-23(20)24(29)18-8-6-17(7-9-18)15(2)3/h4-13,16-17,27,31H,14-15H2,1-3H3,(H,30,33);8-13,16-17,21,26,30H,3-7,14-15H2,1-2H3,(H,29,32);7-12,16-17,25,29H,4-6,13-15H2,1-3H3,(H,28,31);6-11,14-16,24,28H,5,12-13H2,1-4H3,(H,27,30). The average Bonchev–Trinajstić information content (AvgIpc) is 1.48. The molecule has 658 valence electrons. The van der Waals surface area contributed by atoms with Gasteiger partial charge in [0.25, 0.3) is 0 Å². The number of hydrogen-bond acceptors (Lipinski definition) is 4. The van der Waals surface area contributed by atoms with Crippen LogP contribution in [0.1, 0.15) is 277 Å². The van der Waals surface area contributed by atoms with Crippen LogP contribution in [0.4, 0.5) is 5.69 Å². The smallest absolute Gasteiger partial charge is 0.174 e. The van der Waals surface area contributed by atoms with E-state index in [1.807, 2.05) is 24.3 Å². The van der Waals surface area contributed by atoms with E-state index in [9.17, 15) is 0 Å². The second kappa shape index (κ2) is 41.2. The highest BCUT2D eigenvalue weighted by Crippen LogP contribution is 2.46. The molecule has 8 N–H and O–H groups in total. The van der Waals surface area contributed by atoms with Gasteiger partial charge in [-0.3, -0.25) is 0 Å². The number of halogens is 4. The van der Waals surface area contributed by atoms with Gasteiger partial charge in [-0.2, -0.15) is 0 Å². The summed E-state index contributed by atoms with van der Waals surface area (Å²) in [5, 5.41) is 25.5.